The summed E-state index contributed by atoms with van der Waals surface area (Å²) < 4.78 is 34.0. The molecule has 2 unspecified atom stereocenters. The predicted octanol–water partition coefficient (Wildman–Crippen LogP) is 4.11. The number of Topliss-reactive ketones (excluding diaryl/α,β-unsaturated/α-hetero) is 1. The molecule has 0 saturated carbocycles. The van der Waals surface area contributed by atoms with Gasteiger partial charge >= 0.3 is 5.97 Å². The summed E-state index contributed by atoms with van der Waals surface area (Å²) in [4.78, 5) is 25.6. The lowest BCUT2D eigenvalue weighted by atomic mass is 9.92. The van der Waals surface area contributed by atoms with Gasteiger partial charge in [-0.05, 0) is 50.1 Å². The van der Waals surface area contributed by atoms with Gasteiger partial charge in [0.15, 0.2) is 5.78 Å². The summed E-state index contributed by atoms with van der Waals surface area (Å²) in [6.45, 7) is 3.72. The minimum atomic E-state index is -3.96. The third kappa shape index (κ3) is 3.96. The second-order valence-electron chi connectivity index (χ2n) is 7.01. The highest BCUT2D eigenvalue weighted by atomic mass is 79.9. The van der Waals surface area contributed by atoms with Crippen LogP contribution in [0.5, 0.6) is 0 Å². The van der Waals surface area contributed by atoms with Gasteiger partial charge in [0.25, 0.3) is 10.0 Å². The maximum absolute atomic E-state index is 13.6. The summed E-state index contributed by atoms with van der Waals surface area (Å²) in [5.74, 6) is -2.15. The van der Waals surface area contributed by atoms with E-state index >= 15 is 0 Å². The first-order valence-corrected chi connectivity index (χ1v) is 11.5. The van der Waals surface area contributed by atoms with Crippen molar-refractivity contribution >= 4 is 43.4 Å². The highest BCUT2D eigenvalue weighted by Gasteiger charge is 2.42. The molecule has 0 saturated heterocycles. The molecular formula is C21H22BrNO5S. The van der Waals surface area contributed by atoms with Crippen LogP contribution in [0.15, 0.2) is 51.8 Å². The summed E-state index contributed by atoms with van der Waals surface area (Å²) in [7, 11) is -2.73. The molecule has 2 aromatic rings. The molecule has 8 heteroatoms. The Morgan fingerprint density at radius 2 is 1.86 bits per heavy atom. The van der Waals surface area contributed by atoms with Crippen LogP contribution in [0, 0.1) is 12.8 Å². The molecule has 29 heavy (non-hydrogen) atoms. The molecule has 0 bridgehead atoms. The monoisotopic (exact) mass is 479 g/mol. The average molecular weight is 480 g/mol. The van der Waals surface area contributed by atoms with Crippen LogP contribution < -0.4 is 4.31 Å². The fraction of sp³-hybridized carbons (Fsp3) is 0.333. The molecule has 3 rings (SSSR count). The maximum Gasteiger partial charge on any atom is 0.316 e. The molecule has 6 nitrogen and oxygen atoms in total. The van der Waals surface area contributed by atoms with Gasteiger partial charge in [0.2, 0.25) is 0 Å². The van der Waals surface area contributed by atoms with Crippen molar-refractivity contribution in [1.29, 1.82) is 0 Å². The van der Waals surface area contributed by atoms with Crippen LogP contribution in [0.1, 0.15) is 35.7 Å². The largest absolute Gasteiger partial charge is 0.468 e. The van der Waals surface area contributed by atoms with Crippen molar-refractivity contribution in [3.05, 3.63) is 58.1 Å². The second-order valence-corrected chi connectivity index (χ2v) is 9.74. The number of benzene rings is 2. The van der Waals surface area contributed by atoms with E-state index in [4.69, 9.17) is 4.74 Å². The number of methoxy groups -OCH3 is 1. The number of rotatable bonds is 4. The zero-order valence-corrected chi connectivity index (χ0v) is 18.8. The fourth-order valence-corrected chi connectivity index (χ4v) is 5.70. The predicted molar refractivity (Wildman–Crippen MR) is 114 cm³/mol. The Hall–Kier alpha value is -2.19. The number of fused-ring (bicyclic) bond motifs is 1. The first kappa shape index (κ1) is 21.5. The van der Waals surface area contributed by atoms with E-state index in [2.05, 4.69) is 15.9 Å². The summed E-state index contributed by atoms with van der Waals surface area (Å²) in [5, 5.41) is 0. The molecule has 0 aromatic heterocycles. The number of carbonyl (C=O) groups excluding carboxylic acids is 2. The van der Waals surface area contributed by atoms with Gasteiger partial charge in [0.1, 0.15) is 5.92 Å². The molecule has 0 spiro atoms. The number of hydrogen-bond acceptors (Lipinski definition) is 5. The Morgan fingerprint density at radius 1 is 1.21 bits per heavy atom. The van der Waals surface area contributed by atoms with Crippen molar-refractivity contribution < 1.29 is 22.7 Å². The Kier molecular flexibility index (Phi) is 6.14. The van der Waals surface area contributed by atoms with Crippen molar-refractivity contribution in [3.8, 4) is 0 Å². The van der Waals surface area contributed by atoms with Crippen LogP contribution in [0.2, 0.25) is 0 Å². The Bertz CT molecular complexity index is 1050. The third-order valence-electron chi connectivity index (χ3n) is 5.15. The lowest BCUT2D eigenvalue weighted by Gasteiger charge is -2.32. The quantitative estimate of drug-likeness (QED) is 0.486. The summed E-state index contributed by atoms with van der Waals surface area (Å²) >= 11 is 3.34. The molecule has 2 aromatic carbocycles. The Labute approximate surface area is 179 Å². The lowest BCUT2D eigenvalue weighted by Crippen LogP contribution is -2.41. The number of carbonyl (C=O) groups is 2. The van der Waals surface area contributed by atoms with Gasteiger partial charge in [0, 0.05) is 16.1 Å². The Morgan fingerprint density at radius 3 is 2.45 bits per heavy atom. The number of anilines is 1. The number of aryl methyl sites for hydroxylation is 1. The summed E-state index contributed by atoms with van der Waals surface area (Å²) in [6.07, 6.45) is 0.487. The fourth-order valence-electron chi connectivity index (χ4n) is 3.58. The molecule has 0 radical (unpaired) electrons. The van der Waals surface area contributed by atoms with Crippen molar-refractivity contribution in [2.45, 2.75) is 37.6 Å². The maximum atomic E-state index is 13.6. The van der Waals surface area contributed by atoms with E-state index in [-0.39, 0.29) is 22.6 Å². The van der Waals surface area contributed by atoms with Gasteiger partial charge in [-0.1, -0.05) is 40.5 Å². The molecule has 0 amide bonds. The molecule has 2 atom stereocenters. The number of ether oxygens (including phenoxy) is 1. The highest BCUT2D eigenvalue weighted by Crippen LogP contribution is 2.39. The van der Waals surface area contributed by atoms with Crippen molar-refractivity contribution in [2.24, 2.45) is 5.92 Å². The summed E-state index contributed by atoms with van der Waals surface area (Å²) in [5.41, 5.74) is 1.40. The Balaban J connectivity index is 2.25. The second kappa shape index (κ2) is 8.28. The number of ketones is 1. The van der Waals surface area contributed by atoms with Crippen LogP contribution in [0.3, 0.4) is 0 Å². The molecule has 154 valence electrons. The molecule has 0 fully saturated rings. The molecular weight excluding hydrogens is 458 g/mol. The summed E-state index contributed by atoms with van der Waals surface area (Å²) in [6, 6.07) is 10.9. The van der Waals surface area contributed by atoms with Crippen molar-refractivity contribution in [2.75, 3.05) is 11.4 Å². The lowest BCUT2D eigenvalue weighted by molar-refractivity contribution is -0.143. The number of hydrogen-bond donors (Lipinski definition) is 0. The van der Waals surface area contributed by atoms with Crippen molar-refractivity contribution in [3.63, 3.8) is 0 Å². The minimum absolute atomic E-state index is 0.0550. The van der Waals surface area contributed by atoms with Crippen LogP contribution in [-0.2, 0) is 19.6 Å². The van der Waals surface area contributed by atoms with Gasteiger partial charge in [-0.2, -0.15) is 0 Å². The molecule has 1 aliphatic rings. The van der Waals surface area contributed by atoms with Gasteiger partial charge in [-0.25, -0.2) is 8.42 Å². The van der Waals surface area contributed by atoms with Crippen molar-refractivity contribution in [1.82, 2.24) is 0 Å². The topological polar surface area (TPSA) is 80.8 Å². The zero-order valence-electron chi connectivity index (χ0n) is 16.4. The van der Waals surface area contributed by atoms with E-state index in [1.807, 2.05) is 13.8 Å². The van der Waals surface area contributed by atoms with E-state index in [1.165, 1.54) is 11.4 Å². The first-order chi connectivity index (χ1) is 13.7. The zero-order chi connectivity index (χ0) is 21.3. The molecule has 1 heterocycles. The van der Waals surface area contributed by atoms with Gasteiger partial charge in [0.05, 0.1) is 17.7 Å². The van der Waals surface area contributed by atoms with Crippen LogP contribution >= 0.6 is 15.9 Å². The van der Waals surface area contributed by atoms with Gasteiger partial charge in [-0.15, -0.1) is 0 Å². The van der Waals surface area contributed by atoms with Crippen LogP contribution in [0.4, 0.5) is 5.69 Å². The molecule has 1 aliphatic heterocycles. The van der Waals surface area contributed by atoms with Gasteiger partial charge < -0.3 is 4.74 Å². The average Bonchev–Trinajstić information content (AvgIpc) is 2.82. The highest BCUT2D eigenvalue weighted by molar-refractivity contribution is 9.10. The van der Waals surface area contributed by atoms with E-state index < -0.39 is 33.7 Å². The number of esters is 1. The van der Waals surface area contributed by atoms with E-state index in [0.29, 0.717) is 10.9 Å². The smallest absolute Gasteiger partial charge is 0.316 e. The normalized spacial score (nSPS) is 19.4. The van der Waals surface area contributed by atoms with E-state index in [9.17, 15) is 18.0 Å². The number of sulfonamides is 1. The van der Waals surface area contributed by atoms with Crippen LogP contribution in [-0.4, -0.2) is 33.3 Å². The third-order valence-corrected chi connectivity index (χ3v) is 7.53. The number of nitrogens with zero attached hydrogens (tertiary/aromatic N) is 1. The molecule has 0 N–H and O–H groups in total. The standard InChI is InChI=1S/C21H22BrNO5S/c1-4-15-12-18(21(25)28-3)20(24)17-11-14(22)7-10-19(17)23(15)29(26,27)16-8-5-13(2)6-9-16/h5-11,15,18H,4,12H2,1-3H3. The van der Waals surface area contributed by atoms with Gasteiger partial charge in [-0.3, -0.25) is 13.9 Å². The number of halogens is 1. The first-order valence-electron chi connectivity index (χ1n) is 9.23. The molecule has 0 aliphatic carbocycles. The van der Waals surface area contributed by atoms with E-state index in [0.717, 1.165) is 5.56 Å². The van der Waals surface area contributed by atoms with E-state index in [1.54, 1.807) is 42.5 Å². The minimum Gasteiger partial charge on any atom is -0.468 e. The SMILES string of the molecule is CCC1CC(C(=O)OC)C(=O)c2cc(Br)ccc2N1S(=O)(=O)c1ccc(C)cc1. The van der Waals surface area contributed by atoms with Crippen LogP contribution in [0.25, 0.3) is 0 Å².